The van der Waals surface area contributed by atoms with Crippen molar-refractivity contribution in [2.45, 2.75) is 77.2 Å². The third-order valence-electron chi connectivity index (χ3n) is 2.80. The van der Waals surface area contributed by atoms with E-state index in [1.54, 1.807) is 0 Å². The van der Waals surface area contributed by atoms with Crippen LogP contribution in [-0.2, 0) is 0 Å². The zero-order valence-electron chi connectivity index (χ0n) is 10.4. The Balaban J connectivity index is 3.27. The number of terminal acetylenes is 1. The summed E-state index contributed by atoms with van der Waals surface area (Å²) < 4.78 is 0. The molecule has 0 spiro atoms. The Kier molecular flexibility index (Phi) is 8.52. The topological polar surface area (TPSA) is 20.2 Å². The molecule has 0 rings (SSSR count). The van der Waals surface area contributed by atoms with E-state index < -0.39 is 5.60 Å². The largest absolute Gasteiger partial charge is 0.389 e. The zero-order chi connectivity index (χ0) is 11.6. The van der Waals surface area contributed by atoms with Crippen molar-refractivity contribution in [1.82, 2.24) is 0 Å². The first kappa shape index (κ1) is 14.5. The molecule has 1 atom stereocenters. The Morgan fingerprint density at radius 2 is 1.60 bits per heavy atom. The Morgan fingerprint density at radius 3 is 2.13 bits per heavy atom. The highest BCUT2D eigenvalue weighted by Crippen LogP contribution is 2.18. The van der Waals surface area contributed by atoms with Crippen molar-refractivity contribution in [2.75, 3.05) is 0 Å². The van der Waals surface area contributed by atoms with Gasteiger partial charge in [-0.05, 0) is 13.3 Å². The summed E-state index contributed by atoms with van der Waals surface area (Å²) in [5, 5.41) is 9.81. The average molecular weight is 210 g/mol. The van der Waals surface area contributed by atoms with Gasteiger partial charge in [0.2, 0.25) is 0 Å². The standard InChI is InChI=1S/C14H26O/c1-4-6-7-8-9-10-11-13-14(3,15)12-5-2/h2,15H,4,6-13H2,1,3H3. The quantitative estimate of drug-likeness (QED) is 0.452. The van der Waals surface area contributed by atoms with Crippen LogP contribution in [0.15, 0.2) is 0 Å². The van der Waals surface area contributed by atoms with Gasteiger partial charge in [-0.25, -0.2) is 0 Å². The molecule has 0 aliphatic carbocycles. The molecule has 0 bridgehead atoms. The molecular weight excluding hydrogens is 184 g/mol. The van der Waals surface area contributed by atoms with Crippen molar-refractivity contribution in [3.63, 3.8) is 0 Å². The Morgan fingerprint density at radius 1 is 1.07 bits per heavy atom. The molecule has 0 aliphatic rings. The third-order valence-corrected chi connectivity index (χ3v) is 2.80. The second kappa shape index (κ2) is 8.80. The second-order valence-corrected chi connectivity index (χ2v) is 4.75. The fraction of sp³-hybridized carbons (Fsp3) is 0.857. The van der Waals surface area contributed by atoms with Crippen LogP contribution < -0.4 is 0 Å². The predicted molar refractivity (Wildman–Crippen MR) is 66.7 cm³/mol. The van der Waals surface area contributed by atoms with Gasteiger partial charge in [0.25, 0.3) is 0 Å². The van der Waals surface area contributed by atoms with E-state index in [9.17, 15) is 5.11 Å². The van der Waals surface area contributed by atoms with Gasteiger partial charge in [-0.3, -0.25) is 0 Å². The first-order chi connectivity index (χ1) is 7.12. The molecule has 0 amide bonds. The summed E-state index contributed by atoms with van der Waals surface area (Å²) in [6, 6.07) is 0. The van der Waals surface area contributed by atoms with Crippen LogP contribution in [-0.4, -0.2) is 10.7 Å². The lowest BCUT2D eigenvalue weighted by molar-refractivity contribution is 0.0534. The van der Waals surface area contributed by atoms with Gasteiger partial charge in [-0.1, -0.05) is 51.9 Å². The minimum absolute atomic E-state index is 0.475. The molecule has 0 aromatic heterocycles. The maximum Gasteiger partial charge on any atom is 0.0728 e. The number of aliphatic hydroxyl groups is 1. The summed E-state index contributed by atoms with van der Waals surface area (Å²) >= 11 is 0. The van der Waals surface area contributed by atoms with Crippen molar-refractivity contribution in [1.29, 1.82) is 0 Å². The maximum atomic E-state index is 9.81. The van der Waals surface area contributed by atoms with E-state index in [-0.39, 0.29) is 0 Å². The minimum Gasteiger partial charge on any atom is -0.389 e. The first-order valence-electron chi connectivity index (χ1n) is 6.28. The molecule has 0 fully saturated rings. The van der Waals surface area contributed by atoms with Gasteiger partial charge in [0.1, 0.15) is 0 Å². The fourth-order valence-corrected chi connectivity index (χ4v) is 1.77. The average Bonchev–Trinajstić information content (AvgIpc) is 2.16. The molecule has 1 unspecified atom stereocenters. The molecule has 0 aromatic carbocycles. The molecule has 0 heterocycles. The van der Waals surface area contributed by atoms with Gasteiger partial charge in [0.05, 0.1) is 5.60 Å². The molecule has 0 saturated heterocycles. The summed E-state index contributed by atoms with van der Waals surface area (Å²) in [5.41, 5.74) is -0.641. The zero-order valence-corrected chi connectivity index (χ0v) is 10.4. The second-order valence-electron chi connectivity index (χ2n) is 4.75. The fourth-order valence-electron chi connectivity index (χ4n) is 1.77. The highest BCUT2D eigenvalue weighted by molar-refractivity contribution is 4.92. The van der Waals surface area contributed by atoms with Crippen molar-refractivity contribution in [2.24, 2.45) is 0 Å². The van der Waals surface area contributed by atoms with Crippen LogP contribution in [0.25, 0.3) is 0 Å². The molecule has 0 radical (unpaired) electrons. The summed E-state index contributed by atoms with van der Waals surface area (Å²) in [5.74, 6) is 2.53. The van der Waals surface area contributed by atoms with Crippen LogP contribution in [0.1, 0.15) is 71.6 Å². The Hall–Kier alpha value is -0.480. The summed E-state index contributed by atoms with van der Waals surface area (Å²) in [4.78, 5) is 0. The molecule has 0 aromatic rings. The van der Waals surface area contributed by atoms with Crippen LogP contribution in [0.3, 0.4) is 0 Å². The predicted octanol–water partition coefficient (Wildman–Crippen LogP) is 3.90. The van der Waals surface area contributed by atoms with Gasteiger partial charge in [-0.2, -0.15) is 0 Å². The third kappa shape index (κ3) is 9.82. The molecule has 1 N–H and O–H groups in total. The highest BCUT2D eigenvalue weighted by atomic mass is 16.3. The van der Waals surface area contributed by atoms with E-state index in [1.165, 1.54) is 38.5 Å². The van der Waals surface area contributed by atoms with Gasteiger partial charge in [0.15, 0.2) is 0 Å². The monoisotopic (exact) mass is 210 g/mol. The first-order valence-corrected chi connectivity index (χ1v) is 6.28. The van der Waals surface area contributed by atoms with Crippen LogP contribution in [0.2, 0.25) is 0 Å². The Labute approximate surface area is 95.3 Å². The maximum absolute atomic E-state index is 9.81. The number of hydrogen-bond acceptors (Lipinski definition) is 1. The molecule has 1 nitrogen and oxygen atoms in total. The van der Waals surface area contributed by atoms with E-state index in [4.69, 9.17) is 6.42 Å². The molecule has 15 heavy (non-hydrogen) atoms. The van der Waals surface area contributed by atoms with Gasteiger partial charge in [0, 0.05) is 6.42 Å². The lowest BCUT2D eigenvalue weighted by Gasteiger charge is -2.20. The van der Waals surface area contributed by atoms with Crippen LogP contribution in [0, 0.1) is 12.3 Å². The normalized spacial score (nSPS) is 14.5. The van der Waals surface area contributed by atoms with Crippen LogP contribution in [0.5, 0.6) is 0 Å². The van der Waals surface area contributed by atoms with E-state index in [2.05, 4.69) is 12.8 Å². The molecule has 0 aliphatic heterocycles. The van der Waals surface area contributed by atoms with Crippen molar-refractivity contribution in [3.05, 3.63) is 0 Å². The van der Waals surface area contributed by atoms with Crippen molar-refractivity contribution in [3.8, 4) is 12.3 Å². The summed E-state index contributed by atoms with van der Waals surface area (Å²) in [7, 11) is 0. The minimum atomic E-state index is -0.641. The van der Waals surface area contributed by atoms with E-state index in [0.717, 1.165) is 12.8 Å². The van der Waals surface area contributed by atoms with E-state index in [1.807, 2.05) is 6.92 Å². The smallest absolute Gasteiger partial charge is 0.0728 e. The molecule has 1 heteroatoms. The number of hydrogen-bond donors (Lipinski definition) is 1. The molecule has 88 valence electrons. The lowest BCUT2D eigenvalue weighted by Crippen LogP contribution is -2.22. The van der Waals surface area contributed by atoms with Gasteiger partial charge >= 0.3 is 0 Å². The van der Waals surface area contributed by atoms with Gasteiger partial charge in [-0.15, -0.1) is 12.3 Å². The van der Waals surface area contributed by atoms with Gasteiger partial charge < -0.3 is 5.11 Å². The number of unbranched alkanes of at least 4 members (excludes halogenated alkanes) is 6. The highest BCUT2D eigenvalue weighted by Gasteiger charge is 2.17. The van der Waals surface area contributed by atoms with E-state index >= 15 is 0 Å². The SMILES string of the molecule is C#CCC(C)(O)CCCCCCCCC. The van der Waals surface area contributed by atoms with Crippen molar-refractivity contribution >= 4 is 0 Å². The van der Waals surface area contributed by atoms with Crippen LogP contribution >= 0.6 is 0 Å². The number of rotatable bonds is 9. The lowest BCUT2D eigenvalue weighted by atomic mass is 9.95. The summed E-state index contributed by atoms with van der Waals surface area (Å²) in [6.07, 6.45) is 15.5. The summed E-state index contributed by atoms with van der Waals surface area (Å²) in [6.45, 7) is 4.07. The Bertz CT molecular complexity index is 176. The van der Waals surface area contributed by atoms with E-state index in [0.29, 0.717) is 6.42 Å². The molecule has 0 saturated carbocycles. The van der Waals surface area contributed by atoms with Crippen LogP contribution in [0.4, 0.5) is 0 Å². The van der Waals surface area contributed by atoms with Crippen molar-refractivity contribution < 1.29 is 5.11 Å². The molecular formula is C14H26O.